The van der Waals surface area contributed by atoms with Crippen LogP contribution in [0.1, 0.15) is 58.8 Å². The van der Waals surface area contributed by atoms with E-state index >= 15 is 0 Å². The number of aliphatic hydroxyl groups is 3. The van der Waals surface area contributed by atoms with Crippen molar-refractivity contribution in [1.29, 1.82) is 0 Å². The molecular weight excluding hydrogens is 486 g/mol. The number of fused-ring (bicyclic) bond motifs is 1. The standard InChI is InChI=1S/C27H32F6O3/c1-16(6-4-13-25(36,26(28,29)30)27(31,32)33)21-10-11-22-18(7-5-12-24(21,22)3)8-9-19-14-20(34)15-23(35)17(19)2/h8-10,16,20,22-23,34-36H,2,5-7,11-12,14-15H2,1,3H3/b18-8+,19-9-/t16-,20+,22+,23-,24-/m1/s1. The van der Waals surface area contributed by atoms with Gasteiger partial charge in [0, 0.05) is 12.8 Å². The van der Waals surface area contributed by atoms with Gasteiger partial charge in [-0.15, -0.1) is 0 Å². The van der Waals surface area contributed by atoms with Gasteiger partial charge in [-0.1, -0.05) is 55.7 Å². The quantitative estimate of drug-likeness (QED) is 0.247. The Morgan fingerprint density at radius 1 is 1.17 bits per heavy atom. The van der Waals surface area contributed by atoms with Crippen molar-refractivity contribution in [3.63, 3.8) is 0 Å². The Balaban J connectivity index is 1.78. The van der Waals surface area contributed by atoms with Gasteiger partial charge in [0.05, 0.1) is 12.2 Å². The molecule has 2 saturated carbocycles. The van der Waals surface area contributed by atoms with Crippen molar-refractivity contribution >= 4 is 0 Å². The van der Waals surface area contributed by atoms with Gasteiger partial charge in [-0.3, -0.25) is 0 Å². The molecule has 3 rings (SSSR count). The predicted octanol–water partition coefficient (Wildman–Crippen LogP) is 5.93. The van der Waals surface area contributed by atoms with E-state index in [2.05, 4.69) is 13.5 Å². The lowest BCUT2D eigenvalue weighted by Crippen LogP contribution is -2.55. The van der Waals surface area contributed by atoms with E-state index in [4.69, 9.17) is 0 Å². The van der Waals surface area contributed by atoms with Gasteiger partial charge in [-0.2, -0.15) is 26.3 Å². The summed E-state index contributed by atoms with van der Waals surface area (Å²) >= 11 is 0. The highest BCUT2D eigenvalue weighted by molar-refractivity contribution is 5.40. The highest BCUT2D eigenvalue weighted by Crippen LogP contribution is 2.57. The number of halogens is 6. The van der Waals surface area contributed by atoms with Crippen molar-refractivity contribution in [3.8, 4) is 11.8 Å². The minimum Gasteiger partial charge on any atom is -0.393 e. The molecule has 0 aromatic rings. The number of rotatable bonds is 3. The van der Waals surface area contributed by atoms with Crippen molar-refractivity contribution < 1.29 is 41.7 Å². The van der Waals surface area contributed by atoms with Gasteiger partial charge in [0.25, 0.3) is 0 Å². The monoisotopic (exact) mass is 518 g/mol. The molecule has 36 heavy (non-hydrogen) atoms. The van der Waals surface area contributed by atoms with Crippen LogP contribution in [0.5, 0.6) is 0 Å². The summed E-state index contributed by atoms with van der Waals surface area (Å²) in [4.78, 5) is 0. The first-order chi connectivity index (χ1) is 16.5. The Hall–Kier alpha value is -2.02. The summed E-state index contributed by atoms with van der Waals surface area (Å²) in [6.45, 7) is 7.72. The van der Waals surface area contributed by atoms with Crippen molar-refractivity contribution in [2.24, 2.45) is 17.3 Å². The number of alkyl halides is 6. The number of hydrogen-bond acceptors (Lipinski definition) is 3. The van der Waals surface area contributed by atoms with E-state index in [9.17, 15) is 41.7 Å². The fraction of sp³-hybridized carbons (Fsp3) is 0.630. The average molecular weight is 519 g/mol. The van der Waals surface area contributed by atoms with Gasteiger partial charge in [0.2, 0.25) is 0 Å². The summed E-state index contributed by atoms with van der Waals surface area (Å²) in [5.74, 6) is 2.75. The van der Waals surface area contributed by atoms with Crippen LogP contribution >= 0.6 is 0 Å². The normalized spacial score (nSPS) is 32.7. The smallest absolute Gasteiger partial charge is 0.393 e. The van der Waals surface area contributed by atoms with E-state index in [1.165, 1.54) is 5.57 Å². The van der Waals surface area contributed by atoms with Crippen molar-refractivity contribution in [2.75, 3.05) is 0 Å². The van der Waals surface area contributed by atoms with Gasteiger partial charge in [0.1, 0.15) is 0 Å². The summed E-state index contributed by atoms with van der Waals surface area (Å²) in [6, 6.07) is 0. The zero-order chi connectivity index (χ0) is 27.1. The fourth-order valence-corrected chi connectivity index (χ4v) is 5.83. The van der Waals surface area contributed by atoms with E-state index in [1.54, 1.807) is 6.92 Å². The lowest BCUT2D eigenvalue weighted by atomic mass is 9.62. The summed E-state index contributed by atoms with van der Waals surface area (Å²) < 4.78 is 77.4. The third kappa shape index (κ3) is 5.32. The fourth-order valence-electron chi connectivity index (χ4n) is 5.83. The molecule has 0 aromatic carbocycles. The zero-order valence-corrected chi connectivity index (χ0v) is 20.3. The molecule has 5 atom stereocenters. The van der Waals surface area contributed by atoms with Crippen molar-refractivity contribution in [3.05, 3.63) is 47.1 Å². The molecule has 3 aliphatic rings. The van der Waals surface area contributed by atoms with E-state index in [0.29, 0.717) is 18.4 Å². The van der Waals surface area contributed by atoms with Crippen LogP contribution in [0, 0.1) is 29.1 Å². The van der Waals surface area contributed by atoms with Crippen LogP contribution in [-0.2, 0) is 0 Å². The Morgan fingerprint density at radius 3 is 2.42 bits per heavy atom. The van der Waals surface area contributed by atoms with Gasteiger partial charge in [0.15, 0.2) is 0 Å². The second-order valence-electron chi connectivity index (χ2n) is 10.4. The molecule has 3 aliphatic carbocycles. The van der Waals surface area contributed by atoms with E-state index < -0.39 is 30.2 Å². The third-order valence-corrected chi connectivity index (χ3v) is 7.90. The Kier molecular flexibility index (Phi) is 7.96. The minimum atomic E-state index is -5.96. The van der Waals surface area contributed by atoms with Crippen LogP contribution in [0.2, 0.25) is 0 Å². The van der Waals surface area contributed by atoms with E-state index in [-0.39, 0.29) is 30.1 Å². The third-order valence-electron chi connectivity index (χ3n) is 7.90. The molecular formula is C27H32F6O3. The number of aliphatic hydroxyl groups excluding tert-OH is 2. The van der Waals surface area contributed by atoms with Crippen LogP contribution in [0.4, 0.5) is 26.3 Å². The van der Waals surface area contributed by atoms with E-state index in [0.717, 1.165) is 36.3 Å². The highest BCUT2D eigenvalue weighted by atomic mass is 19.4. The van der Waals surface area contributed by atoms with Crippen LogP contribution in [0.3, 0.4) is 0 Å². The van der Waals surface area contributed by atoms with E-state index in [1.807, 2.05) is 24.1 Å². The first-order valence-corrected chi connectivity index (χ1v) is 12.0. The molecule has 0 spiro atoms. The lowest BCUT2D eigenvalue weighted by Gasteiger charge is -2.42. The van der Waals surface area contributed by atoms with Gasteiger partial charge < -0.3 is 15.3 Å². The topological polar surface area (TPSA) is 60.7 Å². The Bertz CT molecular complexity index is 1010. The molecule has 0 heterocycles. The molecule has 200 valence electrons. The second-order valence-corrected chi connectivity index (χ2v) is 10.4. The molecule has 9 heteroatoms. The zero-order valence-electron chi connectivity index (χ0n) is 20.3. The van der Waals surface area contributed by atoms with Crippen molar-refractivity contribution in [2.45, 2.75) is 89.0 Å². The Morgan fingerprint density at radius 2 is 1.81 bits per heavy atom. The first kappa shape index (κ1) is 28.5. The molecule has 0 radical (unpaired) electrons. The minimum absolute atomic E-state index is 0.127. The molecule has 0 saturated heterocycles. The summed E-state index contributed by atoms with van der Waals surface area (Å²) in [5, 5.41) is 29.3. The van der Waals surface area contributed by atoms with Crippen LogP contribution in [-0.4, -0.2) is 45.5 Å². The average Bonchev–Trinajstić information content (AvgIpc) is 3.11. The van der Waals surface area contributed by atoms with Crippen LogP contribution in [0.25, 0.3) is 0 Å². The summed E-state index contributed by atoms with van der Waals surface area (Å²) in [6.07, 6.45) is -3.80. The molecule has 3 nitrogen and oxygen atoms in total. The maximum atomic E-state index is 12.9. The largest absolute Gasteiger partial charge is 0.438 e. The van der Waals surface area contributed by atoms with Gasteiger partial charge >= 0.3 is 18.0 Å². The number of allylic oxidation sites excluding steroid dienone is 5. The first-order valence-electron chi connectivity index (χ1n) is 12.0. The maximum Gasteiger partial charge on any atom is 0.438 e. The maximum absolute atomic E-state index is 12.9. The molecule has 0 amide bonds. The number of hydrogen-bond donors (Lipinski definition) is 3. The highest BCUT2D eigenvalue weighted by Gasteiger charge is 2.70. The molecule has 0 aliphatic heterocycles. The summed E-state index contributed by atoms with van der Waals surface area (Å²) in [7, 11) is 0. The van der Waals surface area contributed by atoms with Crippen LogP contribution in [0.15, 0.2) is 47.1 Å². The second kappa shape index (κ2) is 10.0. The van der Waals surface area contributed by atoms with Gasteiger partial charge in [-0.25, -0.2) is 0 Å². The molecule has 2 fully saturated rings. The molecule has 0 bridgehead atoms. The summed E-state index contributed by atoms with van der Waals surface area (Å²) in [5.41, 5.74) is -1.86. The lowest BCUT2D eigenvalue weighted by molar-refractivity contribution is -0.343. The predicted molar refractivity (Wildman–Crippen MR) is 123 cm³/mol. The molecule has 0 aromatic heterocycles. The molecule has 0 unspecified atom stereocenters. The van der Waals surface area contributed by atoms with Crippen LogP contribution < -0.4 is 0 Å². The van der Waals surface area contributed by atoms with Gasteiger partial charge in [-0.05, 0) is 66.4 Å². The SMILES string of the molecule is C=C1/C(=C\C=C2/CCC[C@]3(C)C([C@H](C)CC#CC(O)(C(F)(F)F)C(F)(F)F)=CC[C@@H]23)C[C@H](O)C[C@H]1O. The molecule has 3 N–H and O–H groups in total. The van der Waals surface area contributed by atoms with Crippen molar-refractivity contribution in [1.82, 2.24) is 0 Å². The Labute approximate surface area is 207 Å².